The van der Waals surface area contributed by atoms with Gasteiger partial charge < -0.3 is 5.11 Å². The second-order valence-electron chi connectivity index (χ2n) is 4.91. The van der Waals surface area contributed by atoms with Crippen LogP contribution in [0, 0.1) is 10.1 Å². The number of hydrogen-bond acceptors (Lipinski definition) is 3. The van der Waals surface area contributed by atoms with Crippen LogP contribution in [-0.4, -0.2) is 22.2 Å². The van der Waals surface area contributed by atoms with Gasteiger partial charge in [-0.25, -0.2) is 0 Å². The van der Waals surface area contributed by atoms with Gasteiger partial charge in [0.1, 0.15) is 6.61 Å². The van der Waals surface area contributed by atoms with E-state index in [4.69, 9.17) is 0 Å². The maximum Gasteiger partial charge on any atom is 0.244 e. The van der Waals surface area contributed by atoms with E-state index in [0.717, 1.165) is 25.7 Å². The molecule has 102 valence electrons. The van der Waals surface area contributed by atoms with E-state index < -0.39 is 5.54 Å². The molecule has 0 aromatic carbocycles. The molecule has 0 heterocycles. The third-order valence-corrected chi connectivity index (χ3v) is 3.39. The lowest BCUT2D eigenvalue weighted by molar-refractivity contribution is -0.576. The van der Waals surface area contributed by atoms with Crippen LogP contribution < -0.4 is 0 Å². The molecule has 0 spiro atoms. The summed E-state index contributed by atoms with van der Waals surface area (Å²) in [4.78, 5) is 10.8. The van der Waals surface area contributed by atoms with Crippen molar-refractivity contribution < 1.29 is 10.0 Å². The fourth-order valence-corrected chi connectivity index (χ4v) is 2.22. The van der Waals surface area contributed by atoms with Crippen molar-refractivity contribution in [2.24, 2.45) is 0 Å². The van der Waals surface area contributed by atoms with Crippen molar-refractivity contribution in [3.8, 4) is 0 Å². The Labute approximate surface area is 105 Å². The van der Waals surface area contributed by atoms with Crippen molar-refractivity contribution in [2.45, 2.75) is 77.2 Å². The van der Waals surface area contributed by atoms with Crippen LogP contribution in [0.5, 0.6) is 0 Å². The van der Waals surface area contributed by atoms with Crippen molar-refractivity contribution >= 4 is 0 Å². The molecule has 0 aromatic heterocycles. The Bertz CT molecular complexity index is 209. The molecule has 4 heteroatoms. The zero-order valence-electron chi connectivity index (χ0n) is 11.3. The molecule has 0 aliphatic carbocycles. The molecule has 0 aliphatic heterocycles. The number of aliphatic hydroxyl groups is 1. The van der Waals surface area contributed by atoms with E-state index in [1.54, 1.807) is 0 Å². The Kier molecular flexibility index (Phi) is 9.04. The molecular weight excluding hydrogens is 218 g/mol. The highest BCUT2D eigenvalue weighted by Gasteiger charge is 2.40. The van der Waals surface area contributed by atoms with Crippen molar-refractivity contribution in [2.75, 3.05) is 6.61 Å². The molecular formula is C13H27NO3. The second kappa shape index (κ2) is 9.40. The Morgan fingerprint density at radius 1 is 1.00 bits per heavy atom. The summed E-state index contributed by atoms with van der Waals surface area (Å²) in [6.45, 7) is 3.77. The summed E-state index contributed by atoms with van der Waals surface area (Å²) in [5, 5.41) is 20.3. The van der Waals surface area contributed by atoms with Crippen molar-refractivity contribution in [3.63, 3.8) is 0 Å². The van der Waals surface area contributed by atoms with Crippen LogP contribution in [-0.2, 0) is 0 Å². The summed E-state index contributed by atoms with van der Waals surface area (Å²) in [6.07, 6.45) is 8.46. The van der Waals surface area contributed by atoms with Gasteiger partial charge in [0.15, 0.2) is 0 Å². The molecule has 0 aliphatic rings. The first-order valence-corrected chi connectivity index (χ1v) is 6.88. The first-order valence-electron chi connectivity index (χ1n) is 6.88. The molecule has 0 saturated heterocycles. The van der Waals surface area contributed by atoms with Gasteiger partial charge in [-0.05, 0) is 12.8 Å². The molecule has 17 heavy (non-hydrogen) atoms. The van der Waals surface area contributed by atoms with Crippen molar-refractivity contribution in [1.29, 1.82) is 0 Å². The Hall–Kier alpha value is -0.640. The van der Waals surface area contributed by atoms with Crippen LogP contribution in [0.25, 0.3) is 0 Å². The van der Waals surface area contributed by atoms with Gasteiger partial charge in [0.25, 0.3) is 0 Å². The largest absolute Gasteiger partial charge is 0.389 e. The van der Waals surface area contributed by atoms with E-state index in [-0.39, 0.29) is 11.5 Å². The number of nitrogens with zero attached hydrogens (tertiary/aromatic N) is 1. The van der Waals surface area contributed by atoms with E-state index in [2.05, 4.69) is 6.92 Å². The fourth-order valence-electron chi connectivity index (χ4n) is 2.22. The number of nitro groups is 1. The second-order valence-corrected chi connectivity index (χ2v) is 4.91. The van der Waals surface area contributed by atoms with Crippen LogP contribution in [0.15, 0.2) is 0 Å². The highest BCUT2D eigenvalue weighted by molar-refractivity contribution is 4.78. The van der Waals surface area contributed by atoms with E-state index >= 15 is 0 Å². The van der Waals surface area contributed by atoms with E-state index in [0.29, 0.717) is 12.8 Å². The summed E-state index contributed by atoms with van der Waals surface area (Å²) in [7, 11) is 0. The standard InChI is InChI=1S/C13H27NO3/c1-3-5-6-7-8-9-11-13(12-15,10-4-2)14(16)17/h15H,3-12H2,1-2H3. The number of rotatable bonds is 11. The molecule has 0 fully saturated rings. The van der Waals surface area contributed by atoms with Crippen molar-refractivity contribution in [1.82, 2.24) is 0 Å². The smallest absolute Gasteiger partial charge is 0.244 e. The van der Waals surface area contributed by atoms with Crippen molar-refractivity contribution in [3.05, 3.63) is 10.1 Å². The quantitative estimate of drug-likeness (QED) is 0.344. The molecule has 0 bridgehead atoms. The normalized spacial score (nSPS) is 14.5. The van der Waals surface area contributed by atoms with Crippen LogP contribution in [0.4, 0.5) is 0 Å². The lowest BCUT2D eigenvalue weighted by atomic mass is 9.89. The summed E-state index contributed by atoms with van der Waals surface area (Å²) in [6, 6.07) is 0. The topological polar surface area (TPSA) is 63.4 Å². The predicted octanol–water partition coefficient (Wildman–Crippen LogP) is 3.54. The minimum atomic E-state index is -1.08. The van der Waals surface area contributed by atoms with Gasteiger partial charge in [0.2, 0.25) is 5.54 Å². The predicted molar refractivity (Wildman–Crippen MR) is 69.7 cm³/mol. The summed E-state index contributed by atoms with van der Waals surface area (Å²) in [5.74, 6) is 0. The van der Waals surface area contributed by atoms with E-state index in [9.17, 15) is 15.2 Å². The highest BCUT2D eigenvalue weighted by atomic mass is 16.6. The Morgan fingerprint density at radius 3 is 2.06 bits per heavy atom. The van der Waals surface area contributed by atoms with Gasteiger partial charge in [-0.2, -0.15) is 0 Å². The fraction of sp³-hybridized carbons (Fsp3) is 1.00. The number of hydrogen-bond donors (Lipinski definition) is 1. The van der Waals surface area contributed by atoms with Gasteiger partial charge in [0.05, 0.1) is 0 Å². The van der Waals surface area contributed by atoms with E-state index in [1.807, 2.05) is 6.92 Å². The Balaban J connectivity index is 3.95. The molecule has 0 radical (unpaired) electrons. The molecule has 0 amide bonds. The molecule has 0 rings (SSSR count). The molecule has 1 atom stereocenters. The molecule has 4 nitrogen and oxygen atoms in total. The maximum atomic E-state index is 11.1. The zero-order valence-corrected chi connectivity index (χ0v) is 11.3. The maximum absolute atomic E-state index is 11.1. The van der Waals surface area contributed by atoms with Gasteiger partial charge >= 0.3 is 0 Å². The number of aliphatic hydroxyl groups excluding tert-OH is 1. The van der Waals surface area contributed by atoms with Crippen LogP contribution >= 0.6 is 0 Å². The van der Waals surface area contributed by atoms with Gasteiger partial charge in [-0.3, -0.25) is 10.1 Å². The Morgan fingerprint density at radius 2 is 1.59 bits per heavy atom. The summed E-state index contributed by atoms with van der Waals surface area (Å²) >= 11 is 0. The third kappa shape index (κ3) is 6.01. The molecule has 0 aromatic rings. The summed E-state index contributed by atoms with van der Waals surface area (Å²) < 4.78 is 0. The average Bonchev–Trinajstić information content (AvgIpc) is 2.31. The van der Waals surface area contributed by atoms with Crippen LogP contribution in [0.3, 0.4) is 0 Å². The SMILES string of the molecule is CCCCCCCCC(CO)(CCC)[N+](=O)[O-]. The molecule has 1 N–H and O–H groups in total. The first kappa shape index (κ1) is 16.4. The van der Waals surface area contributed by atoms with Crippen LogP contribution in [0.2, 0.25) is 0 Å². The lowest BCUT2D eigenvalue weighted by Crippen LogP contribution is -2.42. The third-order valence-electron chi connectivity index (χ3n) is 3.39. The molecule has 1 unspecified atom stereocenters. The monoisotopic (exact) mass is 245 g/mol. The number of unbranched alkanes of at least 4 members (excludes halogenated alkanes) is 5. The van der Waals surface area contributed by atoms with Gasteiger partial charge in [0, 0.05) is 17.8 Å². The summed E-state index contributed by atoms with van der Waals surface area (Å²) in [5.41, 5.74) is -1.08. The van der Waals surface area contributed by atoms with Gasteiger partial charge in [-0.15, -0.1) is 0 Å². The first-order chi connectivity index (χ1) is 8.13. The average molecular weight is 245 g/mol. The highest BCUT2D eigenvalue weighted by Crippen LogP contribution is 2.24. The van der Waals surface area contributed by atoms with Crippen LogP contribution in [0.1, 0.15) is 71.6 Å². The van der Waals surface area contributed by atoms with E-state index in [1.165, 1.54) is 19.3 Å². The van der Waals surface area contributed by atoms with Gasteiger partial charge in [-0.1, -0.05) is 46.0 Å². The lowest BCUT2D eigenvalue weighted by Gasteiger charge is -2.22. The molecule has 0 saturated carbocycles. The minimum absolute atomic E-state index is 0.275. The zero-order chi connectivity index (χ0) is 13.1. The minimum Gasteiger partial charge on any atom is -0.389 e.